The number of carboxylic acids is 1. The fourth-order valence-electron chi connectivity index (χ4n) is 3.71. The molecule has 1 aromatic carbocycles. The lowest BCUT2D eigenvalue weighted by molar-refractivity contribution is -0.131. The van der Waals surface area contributed by atoms with Crippen molar-refractivity contribution in [1.29, 1.82) is 0 Å². The van der Waals surface area contributed by atoms with E-state index in [-0.39, 0.29) is 0 Å². The summed E-state index contributed by atoms with van der Waals surface area (Å²) in [7, 11) is 0. The Morgan fingerprint density at radius 1 is 1.12 bits per heavy atom. The lowest BCUT2D eigenvalue weighted by Crippen LogP contribution is -2.13. The molecular formula is C22H30O2. The van der Waals surface area contributed by atoms with Gasteiger partial charge in [0, 0.05) is 6.08 Å². The van der Waals surface area contributed by atoms with Gasteiger partial charge in [-0.3, -0.25) is 0 Å². The van der Waals surface area contributed by atoms with E-state index in [2.05, 4.69) is 31.2 Å². The Bertz CT molecular complexity index is 546. The third kappa shape index (κ3) is 6.35. The maximum atomic E-state index is 10.3. The molecule has 0 saturated heterocycles. The van der Waals surface area contributed by atoms with Crippen molar-refractivity contribution in [3.05, 3.63) is 59.7 Å². The third-order valence-corrected chi connectivity index (χ3v) is 5.08. The van der Waals surface area contributed by atoms with E-state index in [1.54, 1.807) is 12.2 Å². The number of hydrogen-bond acceptors (Lipinski definition) is 1. The molecule has 0 amide bonds. The summed E-state index contributed by atoms with van der Waals surface area (Å²) in [6.07, 6.45) is 16.7. The van der Waals surface area contributed by atoms with Crippen molar-refractivity contribution in [2.24, 2.45) is 5.92 Å². The van der Waals surface area contributed by atoms with Crippen molar-refractivity contribution < 1.29 is 9.90 Å². The van der Waals surface area contributed by atoms with Crippen LogP contribution >= 0.6 is 0 Å². The summed E-state index contributed by atoms with van der Waals surface area (Å²) in [5, 5.41) is 8.50. The number of hydrogen-bond donors (Lipinski definition) is 1. The van der Waals surface area contributed by atoms with Gasteiger partial charge in [-0.25, -0.2) is 4.79 Å². The summed E-state index contributed by atoms with van der Waals surface area (Å²) in [5.41, 5.74) is 2.86. The fourth-order valence-corrected chi connectivity index (χ4v) is 3.71. The molecule has 0 spiro atoms. The molecule has 130 valence electrons. The van der Waals surface area contributed by atoms with Crippen molar-refractivity contribution >= 4 is 5.97 Å². The van der Waals surface area contributed by atoms with Crippen LogP contribution < -0.4 is 0 Å². The van der Waals surface area contributed by atoms with E-state index in [0.29, 0.717) is 0 Å². The molecule has 1 aliphatic carbocycles. The van der Waals surface area contributed by atoms with Crippen LogP contribution in [0.3, 0.4) is 0 Å². The van der Waals surface area contributed by atoms with Gasteiger partial charge in [0.25, 0.3) is 0 Å². The Labute approximate surface area is 146 Å². The Kier molecular flexibility index (Phi) is 7.81. The largest absolute Gasteiger partial charge is 0.478 e. The highest BCUT2D eigenvalue weighted by Crippen LogP contribution is 2.37. The SMILES string of the molecule is CCCC1CCC(c2ccc(CC/C=C/C=C/C(=O)O)cc2)CC1. The highest BCUT2D eigenvalue weighted by Gasteiger charge is 2.21. The van der Waals surface area contributed by atoms with Crippen LogP contribution in [0.1, 0.15) is 68.9 Å². The minimum Gasteiger partial charge on any atom is -0.478 e. The molecule has 2 rings (SSSR count). The molecule has 0 bridgehead atoms. The average Bonchev–Trinajstić information content (AvgIpc) is 2.59. The number of allylic oxidation sites excluding steroid dienone is 3. The number of aryl methyl sites for hydroxylation is 1. The van der Waals surface area contributed by atoms with Crippen molar-refractivity contribution in [2.75, 3.05) is 0 Å². The van der Waals surface area contributed by atoms with E-state index in [1.807, 2.05) is 6.08 Å². The standard InChI is InChI=1S/C22H30O2/c1-2-7-18-10-14-20(15-11-18)21-16-12-19(13-17-21)8-5-3-4-6-9-22(23)24/h3-4,6,9,12-13,16-18,20H,2,5,7-8,10-11,14-15H2,1H3,(H,23,24)/b4-3+,9-6+. The minimum atomic E-state index is -0.904. The number of rotatable bonds is 8. The molecule has 0 radical (unpaired) electrons. The maximum Gasteiger partial charge on any atom is 0.328 e. The molecule has 0 aliphatic heterocycles. The highest BCUT2D eigenvalue weighted by molar-refractivity contribution is 5.80. The first-order chi connectivity index (χ1) is 11.7. The molecule has 24 heavy (non-hydrogen) atoms. The second-order valence-electron chi connectivity index (χ2n) is 6.91. The Balaban J connectivity index is 1.76. The molecular weight excluding hydrogens is 296 g/mol. The lowest BCUT2D eigenvalue weighted by atomic mass is 9.77. The number of carbonyl (C=O) groups is 1. The van der Waals surface area contributed by atoms with Crippen LogP contribution in [0.2, 0.25) is 0 Å². The maximum absolute atomic E-state index is 10.3. The minimum absolute atomic E-state index is 0.758. The van der Waals surface area contributed by atoms with Gasteiger partial charge in [0.15, 0.2) is 0 Å². The van der Waals surface area contributed by atoms with E-state index in [4.69, 9.17) is 5.11 Å². The van der Waals surface area contributed by atoms with Gasteiger partial charge >= 0.3 is 5.97 Å². The molecule has 0 unspecified atom stereocenters. The van der Waals surface area contributed by atoms with Crippen molar-refractivity contribution in [3.63, 3.8) is 0 Å². The lowest BCUT2D eigenvalue weighted by Gasteiger charge is -2.28. The molecule has 2 nitrogen and oxygen atoms in total. The van der Waals surface area contributed by atoms with Crippen LogP contribution in [0.5, 0.6) is 0 Å². The normalized spacial score (nSPS) is 21.5. The van der Waals surface area contributed by atoms with Crippen molar-refractivity contribution in [1.82, 2.24) is 0 Å². The Morgan fingerprint density at radius 3 is 2.46 bits per heavy atom. The molecule has 0 atom stereocenters. The van der Waals surface area contributed by atoms with Gasteiger partial charge < -0.3 is 5.11 Å². The Morgan fingerprint density at radius 2 is 1.83 bits per heavy atom. The molecule has 1 saturated carbocycles. The second-order valence-corrected chi connectivity index (χ2v) is 6.91. The summed E-state index contributed by atoms with van der Waals surface area (Å²) in [6.45, 7) is 2.29. The van der Waals surface area contributed by atoms with E-state index < -0.39 is 5.97 Å². The second kappa shape index (κ2) is 10.1. The van der Waals surface area contributed by atoms with Gasteiger partial charge in [0.2, 0.25) is 0 Å². The predicted octanol–water partition coefficient (Wildman–Crippen LogP) is 5.89. The molecule has 1 N–H and O–H groups in total. The Hall–Kier alpha value is -1.83. The molecule has 1 aliphatic rings. The highest BCUT2D eigenvalue weighted by atomic mass is 16.4. The first-order valence-corrected chi connectivity index (χ1v) is 9.34. The molecule has 1 aromatic rings. The van der Waals surface area contributed by atoms with Crippen LogP contribution in [0.4, 0.5) is 0 Å². The number of carboxylic acid groups (broad SMARTS) is 1. The van der Waals surface area contributed by atoms with E-state index in [9.17, 15) is 4.79 Å². The molecule has 2 heteroatoms. The van der Waals surface area contributed by atoms with Gasteiger partial charge in [0.05, 0.1) is 0 Å². The van der Waals surface area contributed by atoms with Crippen LogP contribution in [-0.4, -0.2) is 11.1 Å². The topological polar surface area (TPSA) is 37.3 Å². The van der Waals surface area contributed by atoms with E-state index in [1.165, 1.54) is 49.7 Å². The van der Waals surface area contributed by atoms with Crippen LogP contribution in [0, 0.1) is 5.92 Å². The van der Waals surface area contributed by atoms with Crippen LogP contribution in [-0.2, 0) is 11.2 Å². The van der Waals surface area contributed by atoms with Gasteiger partial charge in [-0.2, -0.15) is 0 Å². The number of benzene rings is 1. The quantitative estimate of drug-likeness (QED) is 0.477. The monoisotopic (exact) mass is 326 g/mol. The summed E-state index contributed by atoms with van der Waals surface area (Å²) in [4.78, 5) is 10.3. The fraction of sp³-hybridized carbons (Fsp3) is 0.500. The van der Waals surface area contributed by atoms with E-state index in [0.717, 1.165) is 30.8 Å². The first-order valence-electron chi connectivity index (χ1n) is 9.34. The summed E-state index contributed by atoms with van der Waals surface area (Å²) in [5.74, 6) is 0.819. The van der Waals surface area contributed by atoms with Crippen LogP contribution in [0.15, 0.2) is 48.6 Å². The summed E-state index contributed by atoms with van der Waals surface area (Å²) < 4.78 is 0. The van der Waals surface area contributed by atoms with Gasteiger partial charge in [0.1, 0.15) is 0 Å². The van der Waals surface area contributed by atoms with Gasteiger partial charge in [-0.1, -0.05) is 62.3 Å². The molecule has 1 fully saturated rings. The first kappa shape index (κ1) is 18.5. The zero-order valence-electron chi connectivity index (χ0n) is 14.8. The van der Waals surface area contributed by atoms with Crippen molar-refractivity contribution in [3.8, 4) is 0 Å². The predicted molar refractivity (Wildman–Crippen MR) is 100 cm³/mol. The zero-order valence-corrected chi connectivity index (χ0v) is 14.8. The average molecular weight is 326 g/mol. The van der Waals surface area contributed by atoms with E-state index >= 15 is 0 Å². The molecule has 0 heterocycles. The summed E-state index contributed by atoms with van der Waals surface area (Å²) >= 11 is 0. The van der Waals surface area contributed by atoms with Crippen molar-refractivity contribution in [2.45, 2.75) is 64.2 Å². The van der Waals surface area contributed by atoms with Crippen LogP contribution in [0.25, 0.3) is 0 Å². The zero-order chi connectivity index (χ0) is 17.2. The number of aliphatic carboxylic acids is 1. The van der Waals surface area contributed by atoms with Gasteiger partial charge in [-0.05, 0) is 61.5 Å². The molecule has 0 aromatic heterocycles. The summed E-state index contributed by atoms with van der Waals surface area (Å²) in [6, 6.07) is 9.14. The third-order valence-electron chi connectivity index (χ3n) is 5.08. The smallest absolute Gasteiger partial charge is 0.328 e. The van der Waals surface area contributed by atoms with Gasteiger partial charge in [-0.15, -0.1) is 0 Å².